The van der Waals surface area contributed by atoms with Crippen LogP contribution in [0.2, 0.25) is 0 Å². The minimum Gasteiger partial charge on any atom is -0.483 e. The van der Waals surface area contributed by atoms with Gasteiger partial charge in [0.15, 0.2) is 5.75 Å². The number of pyridine rings is 1. The summed E-state index contributed by atoms with van der Waals surface area (Å²) >= 11 is 0. The molecular weight excluding hydrogens is 721 g/mol. The van der Waals surface area contributed by atoms with Crippen LogP contribution in [0.4, 0.5) is 8.78 Å². The third-order valence-electron chi connectivity index (χ3n) is 12.1. The van der Waals surface area contributed by atoms with Crippen LogP contribution in [0, 0.1) is 12.8 Å². The molecule has 5 atom stereocenters. The average molecular weight is 772 g/mol. The number of aryl methyl sites for hydroxylation is 1. The molecule has 1 aromatic heterocycles. The summed E-state index contributed by atoms with van der Waals surface area (Å²) in [5.74, 6) is -6.03. The van der Waals surface area contributed by atoms with Crippen molar-refractivity contribution < 1.29 is 41.1 Å². The number of carbonyl (C=O) groups excluding carboxylic acids is 3. The monoisotopic (exact) mass is 771 g/mol. The number of hydrogen-bond acceptors (Lipinski definition) is 9. The Morgan fingerprint density at radius 1 is 1.13 bits per heavy atom. The number of benzene rings is 1. The number of amides is 3. The van der Waals surface area contributed by atoms with Gasteiger partial charge < -0.3 is 19.7 Å². The maximum Gasteiger partial charge on any atom is 0.281 e. The lowest BCUT2D eigenvalue weighted by Crippen LogP contribution is -2.70. The largest absolute Gasteiger partial charge is 0.483 e. The zero-order chi connectivity index (χ0) is 38.7. The van der Waals surface area contributed by atoms with E-state index in [1.165, 1.54) is 4.90 Å². The van der Waals surface area contributed by atoms with Crippen molar-refractivity contribution in [2.24, 2.45) is 5.92 Å². The highest BCUT2D eigenvalue weighted by atomic mass is 32.2. The minimum absolute atomic E-state index is 0.0604. The summed E-state index contributed by atoms with van der Waals surface area (Å²) in [5.41, 5.74) is -2.90. The van der Waals surface area contributed by atoms with Gasteiger partial charge in [0.05, 0.1) is 53.4 Å². The molecule has 12 nitrogen and oxygen atoms in total. The van der Waals surface area contributed by atoms with E-state index >= 15 is 8.78 Å². The van der Waals surface area contributed by atoms with Crippen molar-refractivity contribution in [1.82, 2.24) is 25.2 Å². The topological polar surface area (TPSA) is 156 Å². The molecule has 3 aliphatic heterocycles. The summed E-state index contributed by atoms with van der Waals surface area (Å²) in [5, 5.41) is 6.34. The summed E-state index contributed by atoms with van der Waals surface area (Å²) in [4.78, 5) is 49.3. The van der Waals surface area contributed by atoms with E-state index in [0.29, 0.717) is 44.0 Å². The second-order valence-corrected chi connectivity index (χ2v) is 18.6. The van der Waals surface area contributed by atoms with Gasteiger partial charge in [0.2, 0.25) is 21.8 Å². The molecule has 15 heteroatoms. The Morgan fingerprint density at radius 3 is 2.59 bits per heavy atom. The van der Waals surface area contributed by atoms with E-state index in [1.54, 1.807) is 38.1 Å². The number of ether oxygens (including phenoxy) is 2. The highest BCUT2D eigenvalue weighted by Crippen LogP contribution is 2.54. The molecule has 3 N–H and O–H groups in total. The van der Waals surface area contributed by atoms with Crippen LogP contribution in [0.3, 0.4) is 0 Å². The number of rotatable bonds is 7. The van der Waals surface area contributed by atoms with Crippen LogP contribution in [0.25, 0.3) is 10.9 Å². The van der Waals surface area contributed by atoms with Gasteiger partial charge in [-0.1, -0.05) is 43.2 Å². The Labute approximate surface area is 315 Å². The van der Waals surface area contributed by atoms with E-state index in [-0.39, 0.29) is 54.6 Å². The van der Waals surface area contributed by atoms with Crippen LogP contribution in [-0.2, 0) is 35.1 Å². The lowest BCUT2D eigenvalue weighted by Gasteiger charge is -2.48. The molecule has 4 heterocycles. The Hall–Kier alpha value is -3.69. The molecule has 1 saturated heterocycles. The smallest absolute Gasteiger partial charge is 0.281 e. The van der Waals surface area contributed by atoms with E-state index in [1.807, 2.05) is 26.0 Å². The van der Waals surface area contributed by atoms with Crippen LogP contribution in [0.15, 0.2) is 36.4 Å². The van der Waals surface area contributed by atoms with Crippen molar-refractivity contribution in [3.8, 4) is 5.75 Å². The van der Waals surface area contributed by atoms with Gasteiger partial charge in [-0.05, 0) is 78.7 Å². The maximum atomic E-state index is 16.6. The molecule has 294 valence electrons. The minimum atomic E-state index is -4.05. The number of carbonyl (C=O) groups is 3. The molecule has 54 heavy (non-hydrogen) atoms. The third-order valence-corrected chi connectivity index (χ3v) is 14.2. The van der Waals surface area contributed by atoms with Crippen molar-refractivity contribution in [2.45, 2.75) is 138 Å². The van der Waals surface area contributed by atoms with Gasteiger partial charge in [0.25, 0.3) is 11.8 Å². The van der Waals surface area contributed by atoms with E-state index in [9.17, 15) is 22.8 Å². The zero-order valence-corrected chi connectivity index (χ0v) is 32.2. The first-order valence-electron chi connectivity index (χ1n) is 19.2. The number of para-hydroxylation sites is 1. The van der Waals surface area contributed by atoms with E-state index in [4.69, 9.17) is 9.47 Å². The fourth-order valence-electron chi connectivity index (χ4n) is 8.48. The molecule has 2 aliphatic carbocycles. The summed E-state index contributed by atoms with van der Waals surface area (Å²) in [6, 6.07) is 4.54. The van der Waals surface area contributed by atoms with Crippen molar-refractivity contribution in [3.63, 3.8) is 0 Å². The number of aromatic nitrogens is 1. The Balaban J connectivity index is 1.27. The fraction of sp³-hybridized carbons (Fsp3) is 0.641. The first kappa shape index (κ1) is 38.6. The second-order valence-electron chi connectivity index (χ2n) is 16.4. The summed E-state index contributed by atoms with van der Waals surface area (Å²) < 4.78 is 73.2. The summed E-state index contributed by atoms with van der Waals surface area (Å²) in [7, 11) is -4.05. The lowest BCUT2D eigenvalue weighted by atomic mass is 9.65. The predicted molar refractivity (Wildman–Crippen MR) is 197 cm³/mol. The summed E-state index contributed by atoms with van der Waals surface area (Å²) in [6.45, 7) is 6.65. The summed E-state index contributed by atoms with van der Waals surface area (Å²) in [6.07, 6.45) is 7.54. The lowest BCUT2D eigenvalue weighted by molar-refractivity contribution is -0.145. The van der Waals surface area contributed by atoms with Crippen LogP contribution in [-0.4, -0.2) is 83.4 Å². The third kappa shape index (κ3) is 7.00. The number of hydrogen-bond donors (Lipinski definition) is 3. The van der Waals surface area contributed by atoms with Crippen molar-refractivity contribution in [3.05, 3.63) is 47.7 Å². The van der Waals surface area contributed by atoms with Crippen molar-refractivity contribution >= 4 is 38.6 Å². The fourth-order valence-corrected chi connectivity index (χ4v) is 9.79. The second kappa shape index (κ2) is 14.1. The molecule has 2 saturated carbocycles. The van der Waals surface area contributed by atoms with Gasteiger partial charge in [-0.2, -0.15) is 0 Å². The Kier molecular flexibility index (Phi) is 10.1. The number of halogens is 2. The van der Waals surface area contributed by atoms with E-state index in [0.717, 1.165) is 12.8 Å². The molecule has 0 radical (unpaired) electrons. The number of sulfonamides is 1. The number of nitrogens with one attached hydrogen (secondary N) is 3. The van der Waals surface area contributed by atoms with Crippen LogP contribution >= 0.6 is 0 Å². The molecule has 3 amide bonds. The first-order valence-corrected chi connectivity index (χ1v) is 20.7. The molecule has 1 spiro atoms. The quantitative estimate of drug-likeness (QED) is 0.264. The predicted octanol–water partition coefficient (Wildman–Crippen LogP) is 4.88. The Morgan fingerprint density at radius 2 is 1.89 bits per heavy atom. The maximum absolute atomic E-state index is 16.6. The number of nitrogens with zero attached hydrogens (tertiary/aromatic N) is 2. The molecule has 5 unspecified atom stereocenters. The van der Waals surface area contributed by atoms with Gasteiger partial charge in [0.1, 0.15) is 17.2 Å². The SMILES string of the molecule is Cc1nc2ccccc2c2c1OC1(CC3C(=O)NC4(C(=O)NS(=O)(=O)C5(C)CC5)CCC4C=CCCCCCC(NCOC(C)C)C(=O)N3C1)CC2(F)F. The highest BCUT2D eigenvalue weighted by molar-refractivity contribution is 7.91. The van der Waals surface area contributed by atoms with Crippen LogP contribution < -0.4 is 20.1 Å². The van der Waals surface area contributed by atoms with Gasteiger partial charge in [-0.3, -0.25) is 24.4 Å². The molecule has 5 aliphatic rings. The number of allylic oxidation sites excluding steroid dienone is 1. The van der Waals surface area contributed by atoms with Crippen molar-refractivity contribution in [2.75, 3.05) is 13.3 Å². The van der Waals surface area contributed by atoms with Gasteiger partial charge in [-0.15, -0.1) is 0 Å². The molecular formula is C39H51F2N5O7S. The van der Waals surface area contributed by atoms with Gasteiger partial charge in [-0.25, -0.2) is 22.2 Å². The highest BCUT2D eigenvalue weighted by Gasteiger charge is 2.62. The molecule has 7 rings (SSSR count). The van der Waals surface area contributed by atoms with Crippen LogP contribution in [0.5, 0.6) is 5.75 Å². The van der Waals surface area contributed by atoms with E-state index in [2.05, 4.69) is 20.3 Å². The van der Waals surface area contributed by atoms with Crippen LogP contribution in [0.1, 0.15) is 103 Å². The van der Waals surface area contributed by atoms with E-state index < -0.39 is 74.0 Å². The van der Waals surface area contributed by atoms with Gasteiger partial charge >= 0.3 is 0 Å². The molecule has 3 fully saturated rings. The molecule has 2 aromatic rings. The Bertz CT molecular complexity index is 1970. The van der Waals surface area contributed by atoms with Crippen molar-refractivity contribution in [1.29, 1.82) is 0 Å². The molecule has 0 bridgehead atoms. The average Bonchev–Trinajstić information content (AvgIpc) is 3.76. The standard InChI is InChI=1S/C39H51F2N5O7S/c1-24(2)52-23-42-29-15-9-7-5-6-8-12-26-16-17-38(26,35(49)45-54(50,51)36(4)18-19-36)44-33(47)30-20-37(22-46(30)34(29)48)21-39(40,41)31-27-13-10-11-14-28(27)43-25(3)32(31)53-37/h8,10-14,24,26,29-30,42H,5-7,9,15-23H2,1-4H3,(H,44,47)(H,45,49). The zero-order valence-electron chi connectivity index (χ0n) is 31.4. The molecule has 1 aromatic carbocycles. The number of alkyl halides is 2. The number of fused-ring (bicyclic) bond motifs is 5. The first-order chi connectivity index (χ1) is 25.5. The normalized spacial score (nSPS) is 30.6. The van der Waals surface area contributed by atoms with Gasteiger partial charge in [0, 0.05) is 17.7 Å².